The number of rotatable bonds is 5. The molecule has 0 bridgehead atoms. The van der Waals surface area contributed by atoms with Crippen LogP contribution in [0.2, 0.25) is 0 Å². The van der Waals surface area contributed by atoms with Crippen LogP contribution in [-0.2, 0) is 17.7 Å². The minimum absolute atomic E-state index is 0. The van der Waals surface area contributed by atoms with Crippen molar-refractivity contribution < 1.29 is 38.7 Å². The van der Waals surface area contributed by atoms with E-state index in [0.29, 0.717) is 41.9 Å². The summed E-state index contributed by atoms with van der Waals surface area (Å²) in [5.74, 6) is -0.392. The van der Waals surface area contributed by atoms with Crippen molar-refractivity contribution in [3.63, 3.8) is 0 Å². The van der Waals surface area contributed by atoms with Gasteiger partial charge in [-0.05, 0) is 36.8 Å². The zero-order chi connectivity index (χ0) is 17.3. The van der Waals surface area contributed by atoms with Crippen LogP contribution in [0.25, 0.3) is 16.6 Å². The summed E-state index contributed by atoms with van der Waals surface area (Å²) in [4.78, 5) is 25.1. The first-order chi connectivity index (χ1) is 11.6. The Kier molecular flexibility index (Phi) is 6.40. The fourth-order valence-corrected chi connectivity index (χ4v) is 2.81. The Morgan fingerprint density at radius 1 is 1.20 bits per heavy atom. The van der Waals surface area contributed by atoms with Crippen molar-refractivity contribution in [1.29, 1.82) is 0 Å². The van der Waals surface area contributed by atoms with E-state index in [-0.39, 0.29) is 40.7 Å². The molecule has 0 radical (unpaired) electrons. The molecule has 0 aliphatic rings. The Labute approximate surface area is 165 Å². The number of aromatic nitrogens is 3. The normalized spacial score (nSPS) is 10.8. The molecule has 0 N–H and O–H groups in total. The number of fused-ring (bicyclic) bond motifs is 1. The summed E-state index contributed by atoms with van der Waals surface area (Å²) in [7, 11) is 1.56. The molecule has 0 aliphatic carbocycles. The average Bonchev–Trinajstić information content (AvgIpc) is 2.89. The number of ether oxygens (including phenoxy) is 1. The number of nitrogens with zero attached hydrogens (tertiary/aromatic N) is 3. The van der Waals surface area contributed by atoms with Gasteiger partial charge in [0, 0.05) is 30.4 Å². The monoisotopic (exact) mass is 353 g/mol. The minimum atomic E-state index is -0.392. The zero-order valence-corrected chi connectivity index (χ0v) is 16.5. The fourth-order valence-electron chi connectivity index (χ4n) is 2.81. The molecule has 0 saturated heterocycles. The van der Waals surface area contributed by atoms with Gasteiger partial charge in [-0.25, -0.2) is 4.39 Å². The van der Waals surface area contributed by atoms with E-state index in [1.54, 1.807) is 11.7 Å². The first-order valence-electron chi connectivity index (χ1n) is 7.64. The molecule has 25 heavy (non-hydrogen) atoms. The molecule has 3 rings (SSSR count). The number of benzene rings is 1. The van der Waals surface area contributed by atoms with Crippen LogP contribution in [-0.4, -0.2) is 23.0 Å². The van der Waals surface area contributed by atoms with Gasteiger partial charge in [-0.3, -0.25) is 9.59 Å². The third-order valence-electron chi connectivity index (χ3n) is 3.94. The third-order valence-corrected chi connectivity index (χ3v) is 3.94. The predicted molar refractivity (Wildman–Crippen MR) is 88.3 cm³/mol. The standard InChI is InChI=1S/C17H18FN3O3.Na/c1-3-14-16-13(10-15(22)20(14)8-9-24-2)19-21(17(16)23)12-6-4-11(18)5-7-12;/h4-7,10H,3,8-9H2,1-2H3,(H,19,22);/q;+1/p-1. The van der Waals surface area contributed by atoms with Crippen molar-refractivity contribution in [2.75, 3.05) is 13.7 Å². The Morgan fingerprint density at radius 3 is 2.48 bits per heavy atom. The molecule has 2 aromatic heterocycles. The van der Waals surface area contributed by atoms with Crippen LogP contribution in [0, 0.1) is 5.82 Å². The van der Waals surface area contributed by atoms with E-state index in [9.17, 15) is 14.0 Å². The largest absolute Gasteiger partial charge is 1.00 e. The summed E-state index contributed by atoms with van der Waals surface area (Å²) in [6.45, 7) is 2.63. The van der Waals surface area contributed by atoms with Crippen molar-refractivity contribution >= 4 is 10.9 Å². The molecule has 6 nitrogen and oxygen atoms in total. The minimum Gasteiger partial charge on any atom is -0.587 e. The summed E-state index contributed by atoms with van der Waals surface area (Å²) in [6, 6.07) is 6.83. The Bertz CT molecular complexity index is 989. The molecule has 0 unspecified atom stereocenters. The number of hydrogen-bond acceptors (Lipinski definition) is 3. The van der Waals surface area contributed by atoms with Gasteiger partial charge in [0.1, 0.15) is 5.82 Å². The average molecular weight is 353 g/mol. The predicted octanol–water partition coefficient (Wildman–Crippen LogP) is -1.54. The van der Waals surface area contributed by atoms with E-state index >= 15 is 0 Å². The van der Waals surface area contributed by atoms with E-state index < -0.39 is 5.82 Å². The molecule has 3 aromatic rings. The second-order valence-corrected chi connectivity index (χ2v) is 5.38. The first-order valence-corrected chi connectivity index (χ1v) is 7.64. The van der Waals surface area contributed by atoms with E-state index in [1.807, 2.05) is 6.92 Å². The SMILES string of the molecule is CCc1c2c(=O)n(-c3ccc(F)cc3)[n-]c2cc(=O)n1CCOC.[Na+]. The number of hydrogen-bond donors (Lipinski definition) is 0. The van der Waals surface area contributed by atoms with Gasteiger partial charge >= 0.3 is 29.6 Å². The van der Waals surface area contributed by atoms with Gasteiger partial charge < -0.3 is 19.1 Å². The zero-order valence-electron chi connectivity index (χ0n) is 14.5. The van der Waals surface area contributed by atoms with Crippen LogP contribution >= 0.6 is 0 Å². The van der Waals surface area contributed by atoms with E-state index in [4.69, 9.17) is 4.74 Å². The molecule has 8 heteroatoms. The number of methoxy groups -OCH3 is 1. The molecular formula is C17H17FN3NaO3. The Hall–Kier alpha value is -1.67. The fraction of sp³-hybridized carbons (Fsp3) is 0.294. The second kappa shape index (κ2) is 8.14. The van der Waals surface area contributed by atoms with Crippen LogP contribution in [0.5, 0.6) is 0 Å². The topological polar surface area (TPSA) is 67.3 Å². The number of aryl methyl sites for hydroxylation is 1. The van der Waals surface area contributed by atoms with Gasteiger partial charge in [0.2, 0.25) is 11.1 Å². The molecule has 0 aliphatic heterocycles. The summed E-state index contributed by atoms with van der Waals surface area (Å²) in [6.07, 6.45) is 0.515. The van der Waals surface area contributed by atoms with Crippen LogP contribution in [0.1, 0.15) is 12.6 Å². The Balaban J connectivity index is 0.00000225. The molecule has 1 aromatic carbocycles. The Morgan fingerprint density at radius 2 is 1.88 bits per heavy atom. The summed E-state index contributed by atoms with van der Waals surface area (Å²) in [5.41, 5.74) is 0.892. The van der Waals surface area contributed by atoms with Crippen LogP contribution in [0.3, 0.4) is 0 Å². The molecule has 0 fully saturated rings. The molecule has 0 saturated carbocycles. The summed E-state index contributed by atoms with van der Waals surface area (Å²) >= 11 is 0. The van der Waals surface area contributed by atoms with E-state index in [0.717, 1.165) is 0 Å². The van der Waals surface area contributed by atoms with Crippen LogP contribution in [0.4, 0.5) is 4.39 Å². The van der Waals surface area contributed by atoms with Gasteiger partial charge in [0.15, 0.2) is 0 Å². The van der Waals surface area contributed by atoms with E-state index in [1.165, 1.54) is 35.0 Å². The third kappa shape index (κ3) is 3.64. The van der Waals surface area contributed by atoms with Gasteiger partial charge in [-0.2, -0.15) is 0 Å². The van der Waals surface area contributed by atoms with Crippen molar-refractivity contribution in [3.05, 3.63) is 62.6 Å². The number of pyridine rings is 1. The smallest absolute Gasteiger partial charge is 0.587 e. The molecule has 126 valence electrons. The van der Waals surface area contributed by atoms with Crippen molar-refractivity contribution in [3.8, 4) is 5.69 Å². The maximum atomic E-state index is 13.1. The molecular weight excluding hydrogens is 336 g/mol. The molecule has 2 heterocycles. The quantitative estimate of drug-likeness (QED) is 0.522. The second-order valence-electron chi connectivity index (χ2n) is 5.38. The van der Waals surface area contributed by atoms with Crippen LogP contribution < -0.4 is 45.8 Å². The maximum Gasteiger partial charge on any atom is 1.00 e. The van der Waals surface area contributed by atoms with Crippen molar-refractivity contribution in [2.45, 2.75) is 19.9 Å². The molecule has 0 atom stereocenters. The number of halogens is 1. The maximum absolute atomic E-state index is 13.1. The summed E-state index contributed by atoms with van der Waals surface area (Å²) < 4.78 is 20.9. The molecule has 0 spiro atoms. The van der Waals surface area contributed by atoms with E-state index in [2.05, 4.69) is 5.10 Å². The van der Waals surface area contributed by atoms with Gasteiger partial charge in [-0.1, -0.05) is 6.92 Å². The first kappa shape index (κ1) is 19.7. The van der Waals surface area contributed by atoms with Gasteiger partial charge in [0.25, 0.3) is 0 Å². The van der Waals surface area contributed by atoms with Crippen molar-refractivity contribution in [1.82, 2.24) is 14.3 Å². The van der Waals surface area contributed by atoms with Crippen LogP contribution in [0.15, 0.2) is 39.9 Å². The summed E-state index contributed by atoms with van der Waals surface area (Å²) in [5, 5.41) is 4.65. The van der Waals surface area contributed by atoms with Gasteiger partial charge in [0.05, 0.1) is 6.61 Å². The van der Waals surface area contributed by atoms with Gasteiger partial charge in [-0.15, -0.1) is 5.52 Å². The van der Waals surface area contributed by atoms with Crippen molar-refractivity contribution in [2.24, 2.45) is 0 Å². The molecule has 0 amide bonds.